The Labute approximate surface area is 229 Å². The van der Waals surface area contributed by atoms with Crippen LogP contribution in [0.5, 0.6) is 0 Å². The van der Waals surface area contributed by atoms with Crippen molar-refractivity contribution in [1.29, 1.82) is 0 Å². The van der Waals surface area contributed by atoms with Crippen LogP contribution < -0.4 is 5.32 Å². The highest BCUT2D eigenvalue weighted by atomic mass is 19.4. The summed E-state index contributed by atoms with van der Waals surface area (Å²) in [6, 6.07) is 9.39. The van der Waals surface area contributed by atoms with Crippen molar-refractivity contribution in [3.05, 3.63) is 71.0 Å². The van der Waals surface area contributed by atoms with E-state index in [2.05, 4.69) is 5.32 Å². The Kier molecular flexibility index (Phi) is 7.55. The highest BCUT2D eigenvalue weighted by Crippen LogP contribution is 2.55. The molecule has 0 radical (unpaired) electrons. The topological polar surface area (TPSA) is 86.8 Å². The molecular formula is C29H31F4N3O4. The molecule has 7 nitrogen and oxygen atoms in total. The Morgan fingerprint density at radius 3 is 2.12 bits per heavy atom. The van der Waals surface area contributed by atoms with E-state index in [0.29, 0.717) is 23.8 Å². The van der Waals surface area contributed by atoms with Gasteiger partial charge in [-0.15, -0.1) is 0 Å². The van der Waals surface area contributed by atoms with Gasteiger partial charge in [0.15, 0.2) is 0 Å². The molecule has 2 saturated heterocycles. The van der Waals surface area contributed by atoms with E-state index in [1.54, 1.807) is 45.0 Å². The standard InChI is InChI=1S/C29H31F4N3O4/c1-17(2)22(34-23(37)20-16-19(29(31,32)33)10-11-21(20)30)24(38)36-14-12-28(13-15-36)26(40)35(4)25(39)27(28,3)18-8-6-5-7-9-18/h5-11,16-17,22H,12-15H2,1-4H3,(H,34,37)/t22-,27?/m1/s1. The van der Waals surface area contributed by atoms with Gasteiger partial charge in [-0.1, -0.05) is 44.2 Å². The monoisotopic (exact) mass is 561 g/mol. The van der Waals surface area contributed by atoms with Crippen LogP contribution in [0.3, 0.4) is 0 Å². The van der Waals surface area contributed by atoms with Gasteiger partial charge in [0.25, 0.3) is 5.91 Å². The van der Waals surface area contributed by atoms with Crippen LogP contribution in [0.1, 0.15) is 55.1 Å². The zero-order chi connectivity index (χ0) is 29.6. The first-order chi connectivity index (χ1) is 18.6. The summed E-state index contributed by atoms with van der Waals surface area (Å²) < 4.78 is 53.7. The van der Waals surface area contributed by atoms with Gasteiger partial charge in [0.2, 0.25) is 17.7 Å². The van der Waals surface area contributed by atoms with Gasteiger partial charge >= 0.3 is 6.18 Å². The number of likely N-dealkylation sites (tertiary alicyclic amines) is 2. The van der Waals surface area contributed by atoms with Gasteiger partial charge < -0.3 is 10.2 Å². The van der Waals surface area contributed by atoms with Crippen molar-refractivity contribution in [3.63, 3.8) is 0 Å². The number of imide groups is 1. The zero-order valence-electron chi connectivity index (χ0n) is 22.6. The molecule has 2 aromatic carbocycles. The average molecular weight is 562 g/mol. The second-order valence-electron chi connectivity index (χ2n) is 11.0. The van der Waals surface area contributed by atoms with Crippen LogP contribution in [-0.4, -0.2) is 59.6 Å². The number of nitrogens with one attached hydrogen (secondary N) is 1. The number of likely N-dealkylation sites (N-methyl/N-ethyl adjacent to an activating group) is 1. The number of hydrogen-bond acceptors (Lipinski definition) is 4. The number of halogens is 4. The van der Waals surface area contributed by atoms with Gasteiger partial charge in [-0.05, 0) is 49.4 Å². The molecule has 1 N–H and O–H groups in total. The van der Waals surface area contributed by atoms with Gasteiger partial charge in [0.1, 0.15) is 11.9 Å². The lowest BCUT2D eigenvalue weighted by molar-refractivity contribution is -0.145. The first-order valence-corrected chi connectivity index (χ1v) is 13.0. The molecule has 11 heteroatoms. The van der Waals surface area contributed by atoms with Crippen LogP contribution >= 0.6 is 0 Å². The number of carbonyl (C=O) groups is 4. The molecule has 1 unspecified atom stereocenters. The molecule has 2 aliphatic heterocycles. The molecule has 0 aliphatic carbocycles. The van der Waals surface area contributed by atoms with Crippen LogP contribution in [0.2, 0.25) is 0 Å². The summed E-state index contributed by atoms with van der Waals surface area (Å²) in [5.74, 6) is -3.90. The third-order valence-corrected chi connectivity index (χ3v) is 8.44. The van der Waals surface area contributed by atoms with E-state index in [1.165, 1.54) is 11.9 Å². The first-order valence-electron chi connectivity index (χ1n) is 13.0. The Hall–Kier alpha value is -3.76. The summed E-state index contributed by atoms with van der Waals surface area (Å²) in [4.78, 5) is 55.8. The van der Waals surface area contributed by atoms with E-state index in [1.807, 2.05) is 6.07 Å². The number of alkyl halides is 3. The predicted molar refractivity (Wildman–Crippen MR) is 137 cm³/mol. The third kappa shape index (κ3) is 4.65. The Balaban J connectivity index is 1.55. The Morgan fingerprint density at radius 2 is 1.57 bits per heavy atom. The maximum absolute atomic E-state index is 14.3. The quantitative estimate of drug-likeness (QED) is 0.439. The van der Waals surface area contributed by atoms with Gasteiger partial charge in [0, 0.05) is 20.1 Å². The van der Waals surface area contributed by atoms with Gasteiger partial charge in [-0.3, -0.25) is 24.1 Å². The lowest BCUT2D eigenvalue weighted by Crippen LogP contribution is -2.57. The lowest BCUT2D eigenvalue weighted by atomic mass is 9.58. The van der Waals surface area contributed by atoms with Crippen LogP contribution in [-0.2, 0) is 26.0 Å². The maximum Gasteiger partial charge on any atom is 0.416 e. The van der Waals surface area contributed by atoms with Gasteiger partial charge in [-0.2, -0.15) is 13.2 Å². The number of benzene rings is 2. The molecule has 214 valence electrons. The van der Waals surface area contributed by atoms with E-state index in [4.69, 9.17) is 0 Å². The van der Waals surface area contributed by atoms with Crippen molar-refractivity contribution in [2.24, 2.45) is 11.3 Å². The van der Waals surface area contributed by atoms with E-state index in [-0.39, 0.29) is 37.7 Å². The number of nitrogens with zero attached hydrogens (tertiary/aromatic N) is 2. The molecule has 0 saturated carbocycles. The number of amides is 4. The van der Waals surface area contributed by atoms with Crippen LogP contribution in [0, 0.1) is 17.2 Å². The summed E-state index contributed by atoms with van der Waals surface area (Å²) >= 11 is 0. The van der Waals surface area contributed by atoms with Gasteiger partial charge in [0.05, 0.1) is 22.0 Å². The summed E-state index contributed by atoms with van der Waals surface area (Å²) in [5, 5.41) is 2.41. The normalized spacial score (nSPS) is 21.7. The summed E-state index contributed by atoms with van der Waals surface area (Å²) in [6.45, 7) is 5.29. The van der Waals surface area contributed by atoms with Crippen LogP contribution in [0.25, 0.3) is 0 Å². The first kappa shape index (κ1) is 29.2. The minimum absolute atomic E-state index is 0.116. The summed E-state index contributed by atoms with van der Waals surface area (Å²) in [6.07, 6.45) is -4.39. The molecule has 2 heterocycles. The van der Waals surface area contributed by atoms with E-state index < -0.39 is 57.7 Å². The maximum atomic E-state index is 14.3. The smallest absolute Gasteiger partial charge is 0.341 e. The highest BCUT2D eigenvalue weighted by molar-refractivity contribution is 6.12. The molecule has 4 amide bonds. The minimum atomic E-state index is -4.78. The van der Waals surface area contributed by atoms with Crippen LogP contribution in [0.15, 0.2) is 48.5 Å². The molecule has 2 aliphatic rings. The van der Waals surface area contributed by atoms with Crippen molar-refractivity contribution in [1.82, 2.24) is 15.1 Å². The SMILES string of the molecule is CC(C)[C@@H](NC(=O)c1cc(C(F)(F)F)ccc1F)C(=O)N1CCC2(CC1)C(=O)N(C)C(=O)C2(C)c1ccccc1. The predicted octanol–water partition coefficient (Wildman–Crippen LogP) is 4.16. The van der Waals surface area contributed by atoms with Gasteiger partial charge in [-0.25, -0.2) is 4.39 Å². The van der Waals surface area contributed by atoms with Crippen molar-refractivity contribution in [2.45, 2.75) is 51.2 Å². The number of piperidine rings is 1. The molecule has 4 rings (SSSR count). The van der Waals surface area contributed by atoms with Crippen molar-refractivity contribution < 1.29 is 36.7 Å². The molecule has 2 fully saturated rings. The fraction of sp³-hybridized carbons (Fsp3) is 0.448. The third-order valence-electron chi connectivity index (χ3n) is 8.44. The number of carbonyl (C=O) groups excluding carboxylic acids is 4. The number of hydrogen-bond donors (Lipinski definition) is 1. The molecule has 2 aromatic rings. The average Bonchev–Trinajstić information content (AvgIpc) is 3.06. The van der Waals surface area contributed by atoms with Crippen LogP contribution in [0.4, 0.5) is 17.6 Å². The fourth-order valence-electron chi connectivity index (χ4n) is 5.97. The Morgan fingerprint density at radius 1 is 0.975 bits per heavy atom. The van der Waals surface area contributed by atoms with Crippen molar-refractivity contribution in [2.75, 3.05) is 20.1 Å². The van der Waals surface area contributed by atoms with E-state index >= 15 is 0 Å². The molecular weight excluding hydrogens is 530 g/mol. The molecule has 40 heavy (non-hydrogen) atoms. The van der Waals surface area contributed by atoms with Crippen molar-refractivity contribution >= 4 is 23.6 Å². The highest BCUT2D eigenvalue weighted by Gasteiger charge is 2.67. The largest absolute Gasteiger partial charge is 0.416 e. The van der Waals surface area contributed by atoms with E-state index in [0.717, 1.165) is 4.90 Å². The minimum Gasteiger partial charge on any atom is -0.341 e. The molecule has 0 bridgehead atoms. The second-order valence-corrected chi connectivity index (χ2v) is 11.0. The molecule has 2 atom stereocenters. The van der Waals surface area contributed by atoms with Crippen molar-refractivity contribution in [3.8, 4) is 0 Å². The van der Waals surface area contributed by atoms with E-state index in [9.17, 15) is 36.7 Å². The fourth-order valence-corrected chi connectivity index (χ4v) is 5.97. The number of rotatable bonds is 5. The summed E-state index contributed by atoms with van der Waals surface area (Å²) in [7, 11) is 1.45. The Bertz CT molecular complexity index is 1340. The molecule has 0 aromatic heterocycles. The molecule has 1 spiro atoms. The second kappa shape index (κ2) is 10.3. The summed E-state index contributed by atoms with van der Waals surface area (Å²) in [5.41, 5.74) is -3.51. The lowest BCUT2D eigenvalue weighted by Gasteiger charge is -2.46. The zero-order valence-corrected chi connectivity index (χ0v) is 22.6.